The highest BCUT2D eigenvalue weighted by atomic mass is 35.5. The number of nitrogens with two attached hydrogens (primary N) is 1. The largest absolute Gasteiger partial charge is 0.361 e. The first-order valence-corrected chi connectivity index (χ1v) is 11.9. The predicted octanol–water partition coefficient (Wildman–Crippen LogP) is 4.45. The van der Waals surface area contributed by atoms with E-state index < -0.39 is 6.04 Å². The number of halogens is 1. The number of carbonyl (C=O) groups is 1. The van der Waals surface area contributed by atoms with Crippen molar-refractivity contribution >= 4 is 28.4 Å². The zero-order valence-corrected chi connectivity index (χ0v) is 19.7. The smallest absolute Gasteiger partial charge is 0.240 e. The van der Waals surface area contributed by atoms with Crippen LogP contribution in [0.1, 0.15) is 31.4 Å². The van der Waals surface area contributed by atoms with Crippen LogP contribution in [-0.4, -0.2) is 52.4 Å². The summed E-state index contributed by atoms with van der Waals surface area (Å²) in [5.74, 6) is 0.462. The summed E-state index contributed by atoms with van der Waals surface area (Å²) < 4.78 is 0. The normalized spacial score (nSPS) is 19.2. The third-order valence-corrected chi connectivity index (χ3v) is 7.09. The maximum atomic E-state index is 13.3. The second-order valence-corrected chi connectivity index (χ2v) is 9.45. The lowest BCUT2D eigenvalue weighted by atomic mass is 9.93. The van der Waals surface area contributed by atoms with Crippen LogP contribution in [0.3, 0.4) is 0 Å². The van der Waals surface area contributed by atoms with E-state index in [1.54, 1.807) is 0 Å². The molecule has 0 aliphatic carbocycles. The molecule has 1 aromatic heterocycles. The summed E-state index contributed by atoms with van der Waals surface area (Å²) in [5, 5.41) is 1.97. The van der Waals surface area contributed by atoms with Crippen LogP contribution >= 0.6 is 11.6 Å². The number of para-hydroxylation sites is 1. The van der Waals surface area contributed by atoms with Gasteiger partial charge in [0.05, 0.1) is 6.04 Å². The van der Waals surface area contributed by atoms with Gasteiger partial charge in [-0.2, -0.15) is 0 Å². The fourth-order valence-corrected chi connectivity index (χ4v) is 4.85. The zero-order valence-electron chi connectivity index (χ0n) is 18.9. The molecule has 2 aromatic carbocycles. The van der Waals surface area contributed by atoms with Crippen molar-refractivity contribution in [3.8, 4) is 0 Å². The van der Waals surface area contributed by atoms with Gasteiger partial charge in [-0.1, -0.05) is 62.2 Å². The number of hydrogen-bond donors (Lipinski definition) is 2. The lowest BCUT2D eigenvalue weighted by Crippen LogP contribution is -2.60. The second kappa shape index (κ2) is 10.1. The average Bonchev–Trinajstić information content (AvgIpc) is 3.22. The Morgan fingerprint density at radius 1 is 1.19 bits per heavy atom. The van der Waals surface area contributed by atoms with Crippen molar-refractivity contribution in [1.82, 2.24) is 14.8 Å². The molecule has 2 heterocycles. The number of carbonyl (C=O) groups excluding carboxylic acids is 1. The molecule has 1 fully saturated rings. The molecule has 0 saturated carbocycles. The van der Waals surface area contributed by atoms with E-state index in [-0.39, 0.29) is 11.9 Å². The van der Waals surface area contributed by atoms with Gasteiger partial charge in [0, 0.05) is 54.3 Å². The predicted molar refractivity (Wildman–Crippen MR) is 132 cm³/mol. The Bertz CT molecular complexity index is 1050. The van der Waals surface area contributed by atoms with Gasteiger partial charge in [0.1, 0.15) is 0 Å². The van der Waals surface area contributed by atoms with E-state index in [0.717, 1.165) is 31.6 Å². The zero-order chi connectivity index (χ0) is 22.7. The van der Waals surface area contributed by atoms with Crippen LogP contribution in [0, 0.1) is 5.92 Å². The summed E-state index contributed by atoms with van der Waals surface area (Å²) in [7, 11) is 0. The van der Waals surface area contributed by atoms with Gasteiger partial charge in [0.2, 0.25) is 5.91 Å². The SMILES string of the molecule is CCC(C)[C@H]1CN(Cc2c[nH]c3ccccc23)CCN1C(=O)[C@@H](N)Cc1ccc(Cl)cc1. The fraction of sp³-hybridized carbons (Fsp3) is 0.423. The summed E-state index contributed by atoms with van der Waals surface area (Å²) in [4.78, 5) is 21.2. The van der Waals surface area contributed by atoms with E-state index in [1.807, 2.05) is 29.2 Å². The quantitative estimate of drug-likeness (QED) is 0.556. The molecule has 4 rings (SSSR count). The summed E-state index contributed by atoms with van der Waals surface area (Å²) in [5.41, 5.74) is 9.90. The molecule has 1 saturated heterocycles. The molecule has 3 atom stereocenters. The highest BCUT2D eigenvalue weighted by Crippen LogP contribution is 2.25. The number of aromatic amines is 1. The van der Waals surface area contributed by atoms with E-state index in [2.05, 4.69) is 54.2 Å². The van der Waals surface area contributed by atoms with Gasteiger partial charge in [-0.3, -0.25) is 9.69 Å². The topological polar surface area (TPSA) is 65.4 Å². The number of benzene rings is 2. The number of aromatic nitrogens is 1. The fourth-order valence-electron chi connectivity index (χ4n) is 4.72. The van der Waals surface area contributed by atoms with Crippen molar-refractivity contribution in [3.63, 3.8) is 0 Å². The minimum Gasteiger partial charge on any atom is -0.361 e. The molecule has 1 aliphatic heterocycles. The van der Waals surface area contributed by atoms with Crippen molar-refractivity contribution in [3.05, 3.63) is 70.9 Å². The lowest BCUT2D eigenvalue weighted by molar-refractivity contribution is -0.139. The van der Waals surface area contributed by atoms with Crippen LogP contribution in [0.25, 0.3) is 10.9 Å². The molecule has 3 N–H and O–H groups in total. The second-order valence-electron chi connectivity index (χ2n) is 9.02. The van der Waals surface area contributed by atoms with Gasteiger partial charge in [-0.05, 0) is 41.7 Å². The number of nitrogens with zero attached hydrogens (tertiary/aromatic N) is 2. The van der Waals surface area contributed by atoms with Gasteiger partial charge < -0.3 is 15.6 Å². The first kappa shape index (κ1) is 22.8. The Morgan fingerprint density at radius 3 is 2.69 bits per heavy atom. The molecule has 0 radical (unpaired) electrons. The van der Waals surface area contributed by atoms with Crippen LogP contribution in [0.4, 0.5) is 0 Å². The number of piperazine rings is 1. The Kier molecular flexibility index (Phi) is 7.19. The Balaban J connectivity index is 1.45. The van der Waals surface area contributed by atoms with Crippen LogP contribution < -0.4 is 5.73 Å². The van der Waals surface area contributed by atoms with Crippen molar-refractivity contribution < 1.29 is 4.79 Å². The highest BCUT2D eigenvalue weighted by Gasteiger charge is 2.35. The van der Waals surface area contributed by atoms with Crippen molar-refractivity contribution in [2.75, 3.05) is 19.6 Å². The molecule has 32 heavy (non-hydrogen) atoms. The number of fused-ring (bicyclic) bond motifs is 1. The highest BCUT2D eigenvalue weighted by molar-refractivity contribution is 6.30. The van der Waals surface area contributed by atoms with Crippen LogP contribution in [0.2, 0.25) is 5.02 Å². The van der Waals surface area contributed by atoms with Gasteiger partial charge in [-0.15, -0.1) is 0 Å². The molecule has 1 aliphatic rings. The molecule has 0 spiro atoms. The number of nitrogens with one attached hydrogen (secondary N) is 1. The third kappa shape index (κ3) is 5.01. The molecule has 5 nitrogen and oxygen atoms in total. The molecule has 1 amide bonds. The molecular weight excluding hydrogens is 420 g/mol. The molecule has 6 heteroatoms. The van der Waals surface area contributed by atoms with Gasteiger partial charge in [0.15, 0.2) is 0 Å². The van der Waals surface area contributed by atoms with E-state index in [0.29, 0.717) is 23.9 Å². The van der Waals surface area contributed by atoms with Crippen LogP contribution in [-0.2, 0) is 17.8 Å². The van der Waals surface area contributed by atoms with Crippen LogP contribution in [0.15, 0.2) is 54.7 Å². The number of amides is 1. The Labute approximate surface area is 195 Å². The van der Waals surface area contributed by atoms with E-state index in [1.165, 1.54) is 16.5 Å². The maximum absolute atomic E-state index is 13.3. The van der Waals surface area contributed by atoms with E-state index in [4.69, 9.17) is 17.3 Å². The molecule has 1 unspecified atom stereocenters. The monoisotopic (exact) mass is 452 g/mol. The maximum Gasteiger partial charge on any atom is 0.240 e. The summed E-state index contributed by atoms with van der Waals surface area (Å²) in [6.07, 6.45) is 3.67. The Morgan fingerprint density at radius 2 is 1.94 bits per heavy atom. The third-order valence-electron chi connectivity index (χ3n) is 6.84. The summed E-state index contributed by atoms with van der Waals surface area (Å²) >= 11 is 5.99. The van der Waals surface area contributed by atoms with Gasteiger partial charge in [-0.25, -0.2) is 0 Å². The number of rotatable bonds is 7. The standard InChI is InChI=1S/C26H33ClN4O/c1-3-18(2)25-17-30(16-20-15-29-24-7-5-4-6-22(20)24)12-13-31(25)26(32)23(28)14-19-8-10-21(27)11-9-19/h4-11,15,18,23,25,29H,3,12-14,16-17,28H2,1-2H3/t18?,23-,25+/m0/s1. The number of hydrogen-bond acceptors (Lipinski definition) is 3. The molecule has 0 bridgehead atoms. The minimum atomic E-state index is -0.539. The molecule has 170 valence electrons. The minimum absolute atomic E-state index is 0.0528. The Hall–Kier alpha value is -2.34. The number of H-pyrrole nitrogens is 1. The van der Waals surface area contributed by atoms with Gasteiger partial charge in [0.25, 0.3) is 0 Å². The van der Waals surface area contributed by atoms with Crippen molar-refractivity contribution in [1.29, 1.82) is 0 Å². The first-order valence-electron chi connectivity index (χ1n) is 11.5. The van der Waals surface area contributed by atoms with E-state index >= 15 is 0 Å². The lowest BCUT2D eigenvalue weighted by Gasteiger charge is -2.45. The molecular formula is C26H33ClN4O. The van der Waals surface area contributed by atoms with E-state index in [9.17, 15) is 4.79 Å². The van der Waals surface area contributed by atoms with Crippen molar-refractivity contribution in [2.45, 2.75) is 45.3 Å². The molecule has 3 aromatic rings. The summed E-state index contributed by atoms with van der Waals surface area (Å²) in [6.45, 7) is 7.75. The van der Waals surface area contributed by atoms with Gasteiger partial charge >= 0.3 is 0 Å². The first-order chi connectivity index (χ1) is 15.5. The van der Waals surface area contributed by atoms with Crippen molar-refractivity contribution in [2.24, 2.45) is 11.7 Å². The van der Waals surface area contributed by atoms with Crippen LogP contribution in [0.5, 0.6) is 0 Å². The average molecular weight is 453 g/mol. The summed E-state index contributed by atoms with van der Waals surface area (Å²) in [6, 6.07) is 15.6.